The summed E-state index contributed by atoms with van der Waals surface area (Å²) in [7, 11) is 0. The van der Waals surface area contributed by atoms with Crippen LogP contribution in [0.15, 0.2) is 66.1 Å². The lowest BCUT2D eigenvalue weighted by Gasteiger charge is -2.37. The molecule has 1 atom stereocenters. The van der Waals surface area contributed by atoms with E-state index < -0.39 is 0 Å². The van der Waals surface area contributed by atoms with Crippen molar-refractivity contribution in [2.45, 2.75) is 36.7 Å². The van der Waals surface area contributed by atoms with E-state index in [0.29, 0.717) is 12.1 Å². The molecule has 162 valence electrons. The van der Waals surface area contributed by atoms with E-state index in [9.17, 15) is 4.79 Å². The second kappa shape index (κ2) is 10.6. The molecule has 0 radical (unpaired) electrons. The number of nitrogens with one attached hydrogen (secondary N) is 2. The zero-order valence-electron chi connectivity index (χ0n) is 17.8. The number of piperidine rings is 1. The first kappa shape index (κ1) is 21.6. The van der Waals surface area contributed by atoms with E-state index in [1.807, 2.05) is 30.3 Å². The predicted molar refractivity (Wildman–Crippen MR) is 124 cm³/mol. The van der Waals surface area contributed by atoms with Crippen molar-refractivity contribution < 1.29 is 4.79 Å². The first-order chi connectivity index (χ1) is 15.2. The fraction of sp³-hybridized carbons (Fsp3) is 0.375. The highest BCUT2D eigenvalue weighted by atomic mass is 32.2. The smallest absolute Gasteiger partial charge is 0.251 e. The first-order valence-corrected chi connectivity index (χ1v) is 11.8. The number of aromatic amines is 1. The summed E-state index contributed by atoms with van der Waals surface area (Å²) in [6, 6.07) is 18.5. The van der Waals surface area contributed by atoms with Gasteiger partial charge in [0.15, 0.2) is 5.16 Å². The zero-order valence-corrected chi connectivity index (χ0v) is 18.6. The zero-order chi connectivity index (χ0) is 21.5. The predicted octanol–water partition coefficient (Wildman–Crippen LogP) is 4.30. The van der Waals surface area contributed by atoms with Crippen molar-refractivity contribution in [3.63, 3.8) is 0 Å². The van der Waals surface area contributed by atoms with Gasteiger partial charge in [0.1, 0.15) is 6.33 Å². The van der Waals surface area contributed by atoms with Gasteiger partial charge in [-0.1, -0.05) is 61.2 Å². The molecule has 1 unspecified atom stereocenters. The van der Waals surface area contributed by atoms with Gasteiger partial charge in [-0.3, -0.25) is 14.8 Å². The van der Waals surface area contributed by atoms with E-state index in [-0.39, 0.29) is 11.9 Å². The SMILES string of the molecule is CC1CCN(C(CNC(=O)c2ccc(CSc3ncn[nH]3)cc2)c2ccccc2)CC1. The maximum Gasteiger partial charge on any atom is 0.251 e. The average molecular weight is 436 g/mol. The van der Waals surface area contributed by atoms with Crippen LogP contribution in [0.2, 0.25) is 0 Å². The first-order valence-electron chi connectivity index (χ1n) is 10.8. The summed E-state index contributed by atoms with van der Waals surface area (Å²) >= 11 is 1.59. The van der Waals surface area contributed by atoms with Gasteiger partial charge in [0.05, 0.1) is 6.04 Å². The molecule has 6 nitrogen and oxygen atoms in total. The van der Waals surface area contributed by atoms with E-state index in [1.54, 1.807) is 11.8 Å². The molecule has 1 fully saturated rings. The Morgan fingerprint density at radius 1 is 1.16 bits per heavy atom. The normalized spacial score (nSPS) is 16.2. The van der Waals surface area contributed by atoms with Gasteiger partial charge in [-0.15, -0.1) is 0 Å². The van der Waals surface area contributed by atoms with Gasteiger partial charge in [0.2, 0.25) is 0 Å². The van der Waals surface area contributed by atoms with E-state index in [2.05, 4.69) is 56.6 Å². The highest BCUT2D eigenvalue weighted by Gasteiger charge is 2.25. The summed E-state index contributed by atoms with van der Waals surface area (Å²) in [5.74, 6) is 1.53. The number of benzene rings is 2. The molecule has 1 amide bonds. The number of carbonyl (C=O) groups excluding carboxylic acids is 1. The molecule has 0 aliphatic carbocycles. The van der Waals surface area contributed by atoms with Gasteiger partial charge >= 0.3 is 0 Å². The Bertz CT molecular complexity index is 938. The monoisotopic (exact) mass is 435 g/mol. The Labute approximate surface area is 187 Å². The number of nitrogens with zero attached hydrogens (tertiary/aromatic N) is 3. The molecular formula is C24H29N5OS. The van der Waals surface area contributed by atoms with Crippen LogP contribution in [0.5, 0.6) is 0 Å². The van der Waals surface area contributed by atoms with Crippen LogP contribution in [0.1, 0.15) is 47.3 Å². The topological polar surface area (TPSA) is 73.9 Å². The molecule has 0 bridgehead atoms. The fourth-order valence-electron chi connectivity index (χ4n) is 3.93. The Kier molecular flexibility index (Phi) is 7.38. The molecule has 1 saturated heterocycles. The van der Waals surface area contributed by atoms with Crippen molar-refractivity contribution in [2.24, 2.45) is 5.92 Å². The molecule has 2 N–H and O–H groups in total. The molecule has 3 aromatic rings. The van der Waals surface area contributed by atoms with Crippen molar-refractivity contribution in [2.75, 3.05) is 19.6 Å². The van der Waals surface area contributed by atoms with Gasteiger partial charge in [0.25, 0.3) is 5.91 Å². The van der Waals surface area contributed by atoms with Gasteiger partial charge in [-0.05, 0) is 55.1 Å². The highest BCUT2D eigenvalue weighted by molar-refractivity contribution is 7.98. The number of amides is 1. The molecule has 1 aliphatic rings. The number of carbonyl (C=O) groups is 1. The number of hydrogen-bond donors (Lipinski definition) is 2. The Morgan fingerprint density at radius 3 is 2.58 bits per heavy atom. The standard InChI is InChI=1S/C24H29N5OS/c1-18-11-13-29(14-12-18)22(20-5-3-2-4-6-20)15-25-23(30)21-9-7-19(8-10-21)16-31-24-26-17-27-28-24/h2-10,17-18,22H,11-16H2,1H3,(H,25,30)(H,26,27,28). The number of H-pyrrole nitrogens is 1. The van der Waals surface area contributed by atoms with Crippen molar-refractivity contribution in [3.8, 4) is 0 Å². The summed E-state index contributed by atoms with van der Waals surface area (Å²) in [5.41, 5.74) is 3.09. The number of rotatable bonds is 8. The fourth-order valence-corrected chi connectivity index (χ4v) is 4.67. The molecule has 0 spiro atoms. The molecule has 7 heteroatoms. The van der Waals surface area contributed by atoms with Crippen LogP contribution < -0.4 is 5.32 Å². The molecular weight excluding hydrogens is 406 g/mol. The summed E-state index contributed by atoms with van der Waals surface area (Å²) in [6.45, 7) is 5.09. The van der Waals surface area contributed by atoms with Crippen LogP contribution in [-0.2, 0) is 5.75 Å². The molecule has 1 aromatic heterocycles. The van der Waals surface area contributed by atoms with Gasteiger partial charge in [-0.25, -0.2) is 4.98 Å². The lowest BCUT2D eigenvalue weighted by molar-refractivity contribution is 0.0913. The van der Waals surface area contributed by atoms with Gasteiger partial charge < -0.3 is 5.32 Å². The van der Waals surface area contributed by atoms with Crippen LogP contribution in [0, 0.1) is 5.92 Å². The molecule has 1 aliphatic heterocycles. The van der Waals surface area contributed by atoms with Crippen LogP contribution in [0.25, 0.3) is 0 Å². The Morgan fingerprint density at radius 2 is 1.90 bits per heavy atom. The molecule has 2 heterocycles. The minimum Gasteiger partial charge on any atom is -0.350 e. The Hall–Kier alpha value is -2.64. The van der Waals surface area contributed by atoms with Crippen LogP contribution in [0.4, 0.5) is 0 Å². The third-order valence-electron chi connectivity index (χ3n) is 5.88. The summed E-state index contributed by atoms with van der Waals surface area (Å²) < 4.78 is 0. The molecule has 31 heavy (non-hydrogen) atoms. The lowest BCUT2D eigenvalue weighted by Crippen LogP contribution is -2.42. The second-order valence-electron chi connectivity index (χ2n) is 8.13. The maximum absolute atomic E-state index is 12.8. The van der Waals surface area contributed by atoms with Gasteiger partial charge in [0, 0.05) is 17.9 Å². The van der Waals surface area contributed by atoms with E-state index >= 15 is 0 Å². The quantitative estimate of drug-likeness (QED) is 0.516. The number of thioether (sulfide) groups is 1. The van der Waals surface area contributed by atoms with Crippen LogP contribution >= 0.6 is 11.8 Å². The summed E-state index contributed by atoms with van der Waals surface area (Å²) in [5, 5.41) is 10.7. The second-order valence-corrected chi connectivity index (χ2v) is 9.10. The molecule has 4 rings (SSSR count). The third-order valence-corrected chi connectivity index (χ3v) is 6.83. The van der Waals surface area contributed by atoms with Crippen LogP contribution in [-0.4, -0.2) is 45.6 Å². The van der Waals surface area contributed by atoms with E-state index in [1.165, 1.54) is 24.7 Å². The highest BCUT2D eigenvalue weighted by Crippen LogP contribution is 2.26. The number of aromatic nitrogens is 3. The maximum atomic E-state index is 12.8. The summed E-state index contributed by atoms with van der Waals surface area (Å²) in [6.07, 6.45) is 3.93. The van der Waals surface area contributed by atoms with Crippen molar-refractivity contribution >= 4 is 17.7 Å². The molecule has 0 saturated carbocycles. The lowest BCUT2D eigenvalue weighted by atomic mass is 9.95. The number of hydrogen-bond acceptors (Lipinski definition) is 5. The van der Waals surface area contributed by atoms with E-state index in [4.69, 9.17) is 0 Å². The van der Waals surface area contributed by atoms with Crippen molar-refractivity contribution in [1.29, 1.82) is 0 Å². The van der Waals surface area contributed by atoms with Gasteiger partial charge in [-0.2, -0.15) is 5.10 Å². The largest absolute Gasteiger partial charge is 0.350 e. The summed E-state index contributed by atoms with van der Waals surface area (Å²) in [4.78, 5) is 19.4. The Balaban J connectivity index is 1.35. The average Bonchev–Trinajstić information content (AvgIpc) is 3.34. The van der Waals surface area contributed by atoms with Crippen molar-refractivity contribution in [1.82, 2.24) is 25.4 Å². The van der Waals surface area contributed by atoms with Crippen LogP contribution in [0.3, 0.4) is 0 Å². The number of likely N-dealkylation sites (tertiary alicyclic amines) is 1. The van der Waals surface area contributed by atoms with E-state index in [0.717, 1.165) is 35.5 Å². The minimum atomic E-state index is -0.0271. The third kappa shape index (κ3) is 5.95. The molecule has 2 aromatic carbocycles. The van der Waals surface area contributed by atoms with Crippen molar-refractivity contribution in [3.05, 3.63) is 77.6 Å². The minimum absolute atomic E-state index is 0.0271.